The zero-order chi connectivity index (χ0) is 11.7. The normalized spacial score (nSPS) is 20.8. The summed E-state index contributed by atoms with van der Waals surface area (Å²) < 4.78 is 13.2. The molecule has 1 aromatic carbocycles. The SMILES string of the molecule is Cc1ccc(F)cc1C1CC(=O)C=C(N)C1. The van der Waals surface area contributed by atoms with Gasteiger partial charge < -0.3 is 5.73 Å². The maximum atomic E-state index is 13.2. The fourth-order valence-corrected chi connectivity index (χ4v) is 2.20. The van der Waals surface area contributed by atoms with Gasteiger partial charge >= 0.3 is 0 Å². The average molecular weight is 219 g/mol. The first-order valence-electron chi connectivity index (χ1n) is 5.31. The zero-order valence-electron chi connectivity index (χ0n) is 9.16. The van der Waals surface area contributed by atoms with Gasteiger partial charge in [0.05, 0.1) is 0 Å². The minimum absolute atomic E-state index is 0.0215. The number of carbonyl (C=O) groups is 1. The number of hydrogen-bond acceptors (Lipinski definition) is 2. The molecule has 1 unspecified atom stereocenters. The number of aryl methyl sites for hydroxylation is 1. The van der Waals surface area contributed by atoms with Crippen LogP contribution in [0.2, 0.25) is 0 Å². The van der Waals surface area contributed by atoms with Crippen molar-refractivity contribution in [1.82, 2.24) is 0 Å². The van der Waals surface area contributed by atoms with Gasteiger partial charge in [0.25, 0.3) is 0 Å². The first-order chi connectivity index (χ1) is 7.56. The topological polar surface area (TPSA) is 43.1 Å². The molecule has 2 N–H and O–H groups in total. The van der Waals surface area contributed by atoms with Crippen LogP contribution in [-0.2, 0) is 4.79 Å². The van der Waals surface area contributed by atoms with E-state index in [1.54, 1.807) is 6.07 Å². The van der Waals surface area contributed by atoms with Crippen LogP contribution in [0.3, 0.4) is 0 Å². The molecular formula is C13H14FNO. The third kappa shape index (κ3) is 2.13. The summed E-state index contributed by atoms with van der Waals surface area (Å²) in [6.45, 7) is 1.92. The Balaban J connectivity index is 2.35. The van der Waals surface area contributed by atoms with E-state index in [1.165, 1.54) is 18.2 Å². The molecule has 84 valence electrons. The van der Waals surface area contributed by atoms with E-state index in [9.17, 15) is 9.18 Å². The lowest BCUT2D eigenvalue weighted by Crippen LogP contribution is -2.17. The summed E-state index contributed by atoms with van der Waals surface area (Å²) in [4.78, 5) is 11.4. The van der Waals surface area contributed by atoms with E-state index in [4.69, 9.17) is 5.73 Å². The minimum atomic E-state index is -0.263. The molecule has 0 aromatic heterocycles. The van der Waals surface area contributed by atoms with Gasteiger partial charge in [0, 0.05) is 12.1 Å². The van der Waals surface area contributed by atoms with Gasteiger partial charge in [-0.05, 0) is 48.6 Å². The van der Waals surface area contributed by atoms with Crippen LogP contribution in [0.15, 0.2) is 30.0 Å². The Labute approximate surface area is 94.0 Å². The van der Waals surface area contributed by atoms with Gasteiger partial charge in [-0.25, -0.2) is 4.39 Å². The summed E-state index contributed by atoms with van der Waals surface area (Å²) in [7, 11) is 0. The second-order valence-corrected chi connectivity index (χ2v) is 4.29. The molecule has 0 bridgehead atoms. The number of carbonyl (C=O) groups excluding carboxylic acids is 1. The molecular weight excluding hydrogens is 205 g/mol. The van der Waals surface area contributed by atoms with E-state index in [0.29, 0.717) is 18.5 Å². The fourth-order valence-electron chi connectivity index (χ4n) is 2.20. The van der Waals surface area contributed by atoms with Crippen LogP contribution in [-0.4, -0.2) is 5.78 Å². The predicted octanol–water partition coefficient (Wildman–Crippen LogP) is 2.42. The maximum absolute atomic E-state index is 13.2. The van der Waals surface area contributed by atoms with Gasteiger partial charge in [-0.15, -0.1) is 0 Å². The highest BCUT2D eigenvalue weighted by atomic mass is 19.1. The first-order valence-corrected chi connectivity index (χ1v) is 5.31. The summed E-state index contributed by atoms with van der Waals surface area (Å²) in [6, 6.07) is 4.68. The number of halogens is 1. The van der Waals surface area contributed by atoms with E-state index in [0.717, 1.165) is 11.1 Å². The minimum Gasteiger partial charge on any atom is -0.402 e. The van der Waals surface area contributed by atoms with Crippen LogP contribution >= 0.6 is 0 Å². The molecule has 2 nitrogen and oxygen atoms in total. The van der Waals surface area contributed by atoms with E-state index in [2.05, 4.69) is 0 Å². The van der Waals surface area contributed by atoms with Crippen LogP contribution in [0.5, 0.6) is 0 Å². The van der Waals surface area contributed by atoms with Crippen molar-refractivity contribution in [2.24, 2.45) is 5.73 Å². The monoisotopic (exact) mass is 219 g/mol. The molecule has 3 heteroatoms. The van der Waals surface area contributed by atoms with E-state index >= 15 is 0 Å². The number of nitrogens with two attached hydrogens (primary N) is 1. The number of ketones is 1. The van der Waals surface area contributed by atoms with Gasteiger partial charge in [-0.1, -0.05) is 6.07 Å². The Kier molecular flexibility index (Phi) is 2.77. The molecule has 0 saturated heterocycles. The number of hydrogen-bond donors (Lipinski definition) is 1. The van der Waals surface area contributed by atoms with Crippen molar-refractivity contribution in [3.63, 3.8) is 0 Å². The molecule has 1 aromatic rings. The molecule has 0 heterocycles. The zero-order valence-corrected chi connectivity index (χ0v) is 9.16. The molecule has 16 heavy (non-hydrogen) atoms. The quantitative estimate of drug-likeness (QED) is 0.788. The van der Waals surface area contributed by atoms with Crippen LogP contribution in [0.4, 0.5) is 4.39 Å². The highest BCUT2D eigenvalue weighted by Gasteiger charge is 2.22. The van der Waals surface area contributed by atoms with Crippen molar-refractivity contribution in [1.29, 1.82) is 0 Å². The van der Waals surface area contributed by atoms with Crippen molar-refractivity contribution in [2.75, 3.05) is 0 Å². The van der Waals surface area contributed by atoms with Gasteiger partial charge in [0.15, 0.2) is 5.78 Å². The second kappa shape index (κ2) is 4.08. The Morgan fingerprint density at radius 1 is 1.38 bits per heavy atom. The van der Waals surface area contributed by atoms with Crippen LogP contribution in [0, 0.1) is 12.7 Å². The molecule has 0 amide bonds. The van der Waals surface area contributed by atoms with Gasteiger partial charge in [-0.2, -0.15) is 0 Å². The largest absolute Gasteiger partial charge is 0.402 e. The number of allylic oxidation sites excluding steroid dienone is 2. The highest BCUT2D eigenvalue weighted by molar-refractivity contribution is 5.91. The van der Waals surface area contributed by atoms with Crippen molar-refractivity contribution >= 4 is 5.78 Å². The number of rotatable bonds is 1. The van der Waals surface area contributed by atoms with Crippen LogP contribution in [0.25, 0.3) is 0 Å². The summed E-state index contributed by atoms with van der Waals surface area (Å²) in [5.74, 6) is -0.216. The second-order valence-electron chi connectivity index (χ2n) is 4.29. The summed E-state index contributed by atoms with van der Waals surface area (Å²) in [6.07, 6.45) is 2.53. The Hall–Kier alpha value is -1.64. The van der Waals surface area contributed by atoms with Crippen molar-refractivity contribution in [3.05, 3.63) is 46.9 Å². The van der Waals surface area contributed by atoms with Crippen LogP contribution in [0.1, 0.15) is 29.9 Å². The molecule has 1 aliphatic rings. The van der Waals surface area contributed by atoms with Crippen molar-refractivity contribution in [2.45, 2.75) is 25.7 Å². The van der Waals surface area contributed by atoms with E-state index in [1.807, 2.05) is 6.92 Å². The lowest BCUT2D eigenvalue weighted by molar-refractivity contribution is -0.115. The van der Waals surface area contributed by atoms with Gasteiger partial charge in [0.2, 0.25) is 0 Å². The summed E-state index contributed by atoms with van der Waals surface area (Å²) >= 11 is 0. The third-order valence-corrected chi connectivity index (χ3v) is 2.96. The summed E-state index contributed by atoms with van der Waals surface area (Å²) in [5, 5.41) is 0. The molecule has 0 aliphatic heterocycles. The van der Waals surface area contributed by atoms with Crippen molar-refractivity contribution in [3.8, 4) is 0 Å². The third-order valence-electron chi connectivity index (χ3n) is 2.96. The van der Waals surface area contributed by atoms with E-state index < -0.39 is 0 Å². The average Bonchev–Trinajstić information content (AvgIpc) is 2.20. The molecule has 1 aliphatic carbocycles. The molecule has 2 rings (SSSR count). The lowest BCUT2D eigenvalue weighted by atomic mass is 9.83. The Morgan fingerprint density at radius 3 is 2.81 bits per heavy atom. The maximum Gasteiger partial charge on any atom is 0.158 e. The smallest absolute Gasteiger partial charge is 0.158 e. The Bertz CT molecular complexity index is 465. The first kappa shape index (κ1) is 10.9. The Morgan fingerprint density at radius 2 is 2.12 bits per heavy atom. The molecule has 1 atom stereocenters. The molecule has 0 spiro atoms. The molecule has 0 fully saturated rings. The lowest BCUT2D eigenvalue weighted by Gasteiger charge is -2.22. The van der Waals surface area contributed by atoms with Crippen molar-refractivity contribution < 1.29 is 9.18 Å². The predicted molar refractivity (Wildman–Crippen MR) is 60.4 cm³/mol. The molecule has 0 radical (unpaired) electrons. The van der Waals surface area contributed by atoms with Gasteiger partial charge in [-0.3, -0.25) is 4.79 Å². The fraction of sp³-hybridized carbons (Fsp3) is 0.308. The van der Waals surface area contributed by atoms with Crippen LogP contribution < -0.4 is 5.73 Å². The van der Waals surface area contributed by atoms with E-state index in [-0.39, 0.29) is 17.5 Å². The van der Waals surface area contributed by atoms with Gasteiger partial charge in [0.1, 0.15) is 5.82 Å². The number of benzene rings is 1. The standard InChI is InChI=1S/C13H14FNO/c1-8-2-3-10(14)6-13(8)9-4-11(15)7-12(16)5-9/h2-3,6-7,9H,4-5,15H2,1H3. The summed E-state index contributed by atoms with van der Waals surface area (Å²) in [5.41, 5.74) is 8.18. The molecule has 0 saturated carbocycles. The highest BCUT2D eigenvalue weighted by Crippen LogP contribution is 2.31.